The zero-order chi connectivity index (χ0) is 68.2. The van der Waals surface area contributed by atoms with Crippen LogP contribution in [0.15, 0.2) is 88.3 Å². The number of benzene rings is 2. The van der Waals surface area contributed by atoms with Crippen LogP contribution in [-0.2, 0) is 12.8 Å². The molecule has 3 aliphatic carbocycles. The number of carbonyl (C=O) groups excluding carboxylic acids is 2. The third-order valence-electron chi connectivity index (χ3n) is 18.0. The fourth-order valence-electron chi connectivity index (χ4n) is 12.6. The van der Waals surface area contributed by atoms with Crippen molar-refractivity contribution in [3.05, 3.63) is 176 Å². The molecule has 0 radical (unpaired) electrons. The Morgan fingerprint density at radius 1 is 0.516 bits per heavy atom. The fourth-order valence-corrected chi connectivity index (χ4v) is 17.1. The summed E-state index contributed by atoms with van der Waals surface area (Å²) in [6, 6.07) is 32.9. The van der Waals surface area contributed by atoms with Gasteiger partial charge in [0.25, 0.3) is 0 Å². The number of carbonyl (C=O) groups is 2. The second kappa shape index (κ2) is 31.1. The molecule has 0 aliphatic heterocycles. The molecule has 4 heterocycles. The van der Waals surface area contributed by atoms with Crippen molar-refractivity contribution in [2.24, 2.45) is 34.3 Å². The molecule has 0 bridgehead atoms. The van der Waals surface area contributed by atoms with Crippen LogP contribution in [0.1, 0.15) is 203 Å². The Balaban J connectivity index is 1.23. The lowest BCUT2D eigenvalue weighted by Gasteiger charge is -2.24. The Labute approximate surface area is 570 Å². The average molecular weight is 1320 g/mol. The summed E-state index contributed by atoms with van der Waals surface area (Å²) in [6.07, 6.45) is 17.7. The minimum absolute atomic E-state index is 0.0134. The average Bonchev–Trinajstić information content (AvgIpc) is 1.66. The number of nitrogens with zero attached hydrogens (tertiary/aromatic N) is 9. The number of nitrogens with one attached hydrogen (secondary N) is 2. The molecule has 3 aliphatic rings. The third-order valence-corrected chi connectivity index (χ3v) is 22.3. The van der Waals surface area contributed by atoms with Crippen molar-refractivity contribution < 1.29 is 9.59 Å². The highest BCUT2D eigenvalue weighted by Gasteiger charge is 2.38. The van der Waals surface area contributed by atoms with E-state index in [1.54, 1.807) is 12.1 Å². The third kappa shape index (κ3) is 14.0. The largest absolute Gasteiger partial charge is 0.396 e. The van der Waals surface area contributed by atoms with Gasteiger partial charge < -0.3 is 16.9 Å². The quantitative estimate of drug-likeness (QED) is 0.0264. The molecule has 0 fully saturated rings. The van der Waals surface area contributed by atoms with Gasteiger partial charge in [-0.25, -0.2) is 0 Å². The zero-order valence-electron chi connectivity index (χ0n) is 53.9. The van der Waals surface area contributed by atoms with Gasteiger partial charge in [0.2, 0.25) is 0 Å². The SMILES string of the molecule is CCCCC(CC)CN/N=C1\C(=N)C(c2cc(CC(CC)CCCC)c(/C=c3\cc/c(=C4\C(=O)c5cc(C#N)c(C#N)cc5C4=C(C#N)C#N)s3)s2)=C(N)C(N)=C1c1cc(CC(CC)CCCC)c(/C=c2\cc/c(=C3\C(=O)c4cc(C#N)c(C#N)cc4C3=C(C#N)C#N)s2)s1. The smallest absolute Gasteiger partial charge is 0.195 e. The lowest BCUT2D eigenvalue weighted by atomic mass is 9.86. The zero-order valence-corrected chi connectivity index (χ0v) is 57.2. The highest BCUT2D eigenvalue weighted by molar-refractivity contribution is 7.16. The van der Waals surface area contributed by atoms with Crippen LogP contribution in [0.5, 0.6) is 0 Å². The van der Waals surface area contributed by atoms with Gasteiger partial charge >= 0.3 is 0 Å². The summed E-state index contributed by atoms with van der Waals surface area (Å²) >= 11 is 5.62. The summed E-state index contributed by atoms with van der Waals surface area (Å²) in [5.74, 6) is 0.0783. The second-order valence-corrected chi connectivity index (χ2v) is 28.2. The highest BCUT2D eigenvalue weighted by Crippen LogP contribution is 2.45. The summed E-state index contributed by atoms with van der Waals surface area (Å²) in [5, 5.41) is 95.9. The first-order chi connectivity index (χ1) is 46.0. The van der Waals surface area contributed by atoms with E-state index in [2.05, 4.69) is 71.3 Å². The Morgan fingerprint density at radius 3 is 1.27 bits per heavy atom. The molecule has 3 unspecified atom stereocenters. The number of rotatable bonds is 23. The molecule has 474 valence electrons. The van der Waals surface area contributed by atoms with Crippen LogP contribution in [0.4, 0.5) is 0 Å². The van der Waals surface area contributed by atoms with Crippen LogP contribution in [0.25, 0.3) is 45.6 Å². The van der Waals surface area contributed by atoms with Gasteiger partial charge in [0.05, 0.1) is 39.4 Å². The number of unbranched alkanes of at least 4 members (excludes halogenated alkanes) is 3. The van der Waals surface area contributed by atoms with Gasteiger partial charge in [-0.2, -0.15) is 47.2 Å². The van der Waals surface area contributed by atoms with Crippen molar-refractivity contribution in [3.63, 3.8) is 0 Å². The summed E-state index contributed by atoms with van der Waals surface area (Å²) < 4.78 is 2.56. The van der Waals surface area contributed by atoms with Gasteiger partial charge in [-0.05, 0) is 132 Å². The first kappa shape index (κ1) is 69.0. The maximum atomic E-state index is 14.4. The Hall–Kier alpha value is -10.3. The maximum absolute atomic E-state index is 14.4. The summed E-state index contributed by atoms with van der Waals surface area (Å²) in [4.78, 5) is 32.1. The molecular weight excluding hydrogens is 1260 g/mol. The number of allylic oxidation sites excluding steroid dienone is 6. The van der Waals surface area contributed by atoms with E-state index >= 15 is 0 Å². The van der Waals surface area contributed by atoms with E-state index in [1.165, 1.54) is 69.6 Å². The molecule has 0 amide bonds. The molecule has 9 rings (SSSR count). The van der Waals surface area contributed by atoms with Crippen molar-refractivity contribution in [3.8, 4) is 48.6 Å². The van der Waals surface area contributed by atoms with Crippen molar-refractivity contribution >= 4 is 114 Å². The Kier molecular flexibility index (Phi) is 22.6. The predicted molar refractivity (Wildman–Crippen MR) is 379 cm³/mol. The number of hydrazone groups is 1. The monoisotopic (exact) mass is 1320 g/mol. The van der Waals surface area contributed by atoms with Crippen LogP contribution in [0.2, 0.25) is 0 Å². The molecule has 0 saturated carbocycles. The second-order valence-electron chi connectivity index (χ2n) is 23.8. The van der Waals surface area contributed by atoms with E-state index in [0.717, 1.165) is 130 Å². The highest BCUT2D eigenvalue weighted by atomic mass is 32.1. The van der Waals surface area contributed by atoms with E-state index in [1.807, 2.05) is 60.7 Å². The van der Waals surface area contributed by atoms with Crippen LogP contribution in [0, 0.1) is 114 Å². The van der Waals surface area contributed by atoms with E-state index in [0.29, 0.717) is 50.2 Å². The Bertz CT molecular complexity index is 4940. The standard InChI is InChI=1S/C76H69N13O2S4/c1-7-13-16-42(10-4)23-45-29-63(94-61(45)31-53-19-21-59(92-53)67-65(51(37-81)38-82)55-25-47(33-77)49(35-79)27-57(55)75(67)90)69-71(85)72(86)70(74(73(69)87)89-88-41-44(12-6)18-15-9-3)64-30-46(24-43(11-5)17-14-8-2)62(95-64)32-54-20-22-60(93-54)68-66(52(39-83)40-84)56-26-48(34-78)50(36-80)28-58(56)76(68)91/h19-22,25-32,42-44,87-88H,7-18,23-24,41,85-86H2,1-6H3/b53-31+,54-32+,67-59+,68-60+,87-73?,89-74-. The van der Waals surface area contributed by atoms with E-state index in [9.17, 15) is 57.1 Å². The predicted octanol–water partition coefficient (Wildman–Crippen LogP) is 13.5. The lowest BCUT2D eigenvalue weighted by molar-refractivity contribution is 0.105. The van der Waals surface area contributed by atoms with Gasteiger partial charge in [-0.3, -0.25) is 15.0 Å². The Morgan fingerprint density at radius 2 is 0.895 bits per heavy atom. The molecule has 6 aromatic rings. The van der Waals surface area contributed by atoms with Crippen molar-refractivity contribution in [1.29, 1.82) is 47.5 Å². The van der Waals surface area contributed by atoms with Gasteiger partial charge in [0, 0.05) is 88.7 Å². The number of thiophene rings is 4. The first-order valence-corrected chi connectivity index (χ1v) is 35.3. The minimum atomic E-state index is -0.461. The molecule has 95 heavy (non-hydrogen) atoms. The van der Waals surface area contributed by atoms with Crippen molar-refractivity contribution in [2.45, 2.75) is 131 Å². The van der Waals surface area contributed by atoms with Crippen LogP contribution in [0.3, 0.4) is 0 Å². The normalized spacial score (nSPS) is 16.3. The van der Waals surface area contributed by atoms with Crippen LogP contribution in [-0.4, -0.2) is 29.5 Å². The van der Waals surface area contributed by atoms with Crippen molar-refractivity contribution in [1.82, 2.24) is 5.43 Å². The molecule has 4 aromatic heterocycles. The number of Topliss-reactive ketones (excluding diaryl/α,β-unsaturated/α-hetero) is 2. The number of nitriles is 8. The molecule has 0 spiro atoms. The van der Waals surface area contributed by atoms with Crippen LogP contribution < -0.4 is 35.0 Å². The van der Waals surface area contributed by atoms with E-state index < -0.39 is 11.6 Å². The van der Waals surface area contributed by atoms with Crippen molar-refractivity contribution in [2.75, 3.05) is 6.54 Å². The summed E-state index contributed by atoms with van der Waals surface area (Å²) in [7, 11) is 0. The minimum Gasteiger partial charge on any atom is -0.396 e. The summed E-state index contributed by atoms with van der Waals surface area (Å²) in [6.45, 7) is 13.7. The van der Waals surface area contributed by atoms with Gasteiger partial charge in [-0.15, -0.1) is 45.3 Å². The number of nitrogens with two attached hydrogens (primary N) is 2. The molecule has 0 saturated heterocycles. The molecule has 15 nitrogen and oxygen atoms in total. The number of hydrogen-bond donors (Lipinski definition) is 4. The first-order valence-electron chi connectivity index (χ1n) is 32.0. The molecular formula is C76H69N13O2S4. The lowest BCUT2D eigenvalue weighted by Crippen LogP contribution is -2.32. The molecule has 6 N–H and O–H groups in total. The molecule has 2 aromatic carbocycles. The number of ketones is 2. The van der Waals surface area contributed by atoms with E-state index in [4.69, 9.17) is 16.6 Å². The topological polar surface area (TPSA) is 325 Å². The van der Waals surface area contributed by atoms with Gasteiger partial charge in [0.1, 0.15) is 65.4 Å². The number of hydrogen-bond acceptors (Lipinski definition) is 19. The summed E-state index contributed by atoms with van der Waals surface area (Å²) in [5.41, 5.74) is 23.0. The maximum Gasteiger partial charge on any atom is 0.195 e. The molecule has 19 heteroatoms. The molecule has 3 atom stereocenters. The van der Waals surface area contributed by atoms with Gasteiger partial charge in [0.15, 0.2) is 11.6 Å². The number of fused-ring (bicyclic) bond motifs is 2. The van der Waals surface area contributed by atoms with E-state index in [-0.39, 0.29) is 95.1 Å². The fraction of sp³-hybridized carbons (Fsp3) is 0.316. The van der Waals surface area contributed by atoms with Crippen LogP contribution >= 0.6 is 45.3 Å². The van der Waals surface area contributed by atoms with Gasteiger partial charge in [-0.1, -0.05) is 112 Å².